The van der Waals surface area contributed by atoms with Crippen LogP contribution in [0, 0.1) is 5.92 Å². The summed E-state index contributed by atoms with van der Waals surface area (Å²) in [6.07, 6.45) is 4.08. The molecule has 0 saturated heterocycles. The van der Waals surface area contributed by atoms with Gasteiger partial charge in [-0.05, 0) is 32.6 Å². The van der Waals surface area contributed by atoms with Crippen molar-refractivity contribution < 1.29 is 4.79 Å². The Hall–Kier alpha value is -0.370. The molecule has 1 aliphatic rings. The third-order valence-corrected chi connectivity index (χ3v) is 2.35. The Balaban J connectivity index is 2.33. The second-order valence-electron chi connectivity index (χ2n) is 3.22. The Morgan fingerprint density at radius 1 is 1.30 bits per heavy atom. The van der Waals surface area contributed by atoms with Crippen LogP contribution < -0.4 is 5.73 Å². The van der Waals surface area contributed by atoms with Crippen molar-refractivity contribution >= 4 is 5.78 Å². The highest BCUT2D eigenvalue weighted by molar-refractivity contribution is 5.78. The molecule has 2 heteroatoms. The summed E-state index contributed by atoms with van der Waals surface area (Å²) in [7, 11) is 0. The normalized spacial score (nSPS) is 33.8. The Morgan fingerprint density at radius 3 is 2.20 bits per heavy atom. The molecule has 0 atom stereocenters. The van der Waals surface area contributed by atoms with Gasteiger partial charge in [-0.3, -0.25) is 4.79 Å². The summed E-state index contributed by atoms with van der Waals surface area (Å²) in [5.74, 6) is 0.659. The smallest absolute Gasteiger partial charge is 0.132 e. The quantitative estimate of drug-likeness (QED) is 0.594. The number of nitrogens with two attached hydrogens (primary N) is 1. The molecule has 1 rings (SSSR count). The minimum absolute atomic E-state index is 0.319. The van der Waals surface area contributed by atoms with E-state index in [1.54, 1.807) is 6.92 Å². The van der Waals surface area contributed by atoms with Gasteiger partial charge in [0.1, 0.15) is 5.78 Å². The van der Waals surface area contributed by atoms with Crippen molar-refractivity contribution in [1.82, 2.24) is 0 Å². The molecule has 1 saturated carbocycles. The van der Waals surface area contributed by atoms with Crippen LogP contribution in [0.15, 0.2) is 0 Å². The lowest BCUT2D eigenvalue weighted by molar-refractivity contribution is -0.121. The van der Waals surface area contributed by atoms with E-state index < -0.39 is 0 Å². The average molecular weight is 141 g/mol. The van der Waals surface area contributed by atoms with E-state index in [0.717, 1.165) is 25.7 Å². The van der Waals surface area contributed by atoms with E-state index in [0.29, 0.717) is 17.7 Å². The zero-order valence-corrected chi connectivity index (χ0v) is 6.47. The molecule has 10 heavy (non-hydrogen) atoms. The van der Waals surface area contributed by atoms with E-state index in [-0.39, 0.29) is 0 Å². The predicted octanol–water partition coefficient (Wildman–Crippen LogP) is 1.09. The van der Waals surface area contributed by atoms with Crippen molar-refractivity contribution in [3.8, 4) is 0 Å². The van der Waals surface area contributed by atoms with Crippen molar-refractivity contribution in [2.45, 2.75) is 38.6 Å². The van der Waals surface area contributed by atoms with E-state index in [1.807, 2.05) is 0 Å². The molecule has 1 aliphatic carbocycles. The lowest BCUT2D eigenvalue weighted by Crippen LogP contribution is -2.28. The van der Waals surface area contributed by atoms with Crippen LogP contribution in [0.1, 0.15) is 32.6 Å². The van der Waals surface area contributed by atoms with Crippen LogP contribution in [-0.4, -0.2) is 11.8 Å². The molecule has 0 unspecified atom stereocenters. The monoisotopic (exact) mass is 141 g/mol. The van der Waals surface area contributed by atoms with Crippen LogP contribution in [-0.2, 0) is 4.79 Å². The van der Waals surface area contributed by atoms with Gasteiger partial charge in [-0.25, -0.2) is 0 Å². The molecular weight excluding hydrogens is 126 g/mol. The van der Waals surface area contributed by atoms with Crippen LogP contribution in [0.3, 0.4) is 0 Å². The molecule has 0 radical (unpaired) electrons. The summed E-state index contributed by atoms with van der Waals surface area (Å²) in [5, 5.41) is 0. The number of carbonyl (C=O) groups is 1. The van der Waals surface area contributed by atoms with Crippen molar-refractivity contribution in [2.24, 2.45) is 11.7 Å². The van der Waals surface area contributed by atoms with Crippen molar-refractivity contribution in [2.75, 3.05) is 0 Å². The summed E-state index contributed by atoms with van der Waals surface area (Å²) < 4.78 is 0. The van der Waals surface area contributed by atoms with Gasteiger partial charge in [-0.2, -0.15) is 0 Å². The lowest BCUT2D eigenvalue weighted by atomic mass is 9.84. The second kappa shape index (κ2) is 3.15. The van der Waals surface area contributed by atoms with Gasteiger partial charge in [0, 0.05) is 12.0 Å². The summed E-state index contributed by atoms with van der Waals surface area (Å²) in [4.78, 5) is 10.9. The number of hydrogen-bond donors (Lipinski definition) is 1. The number of Topliss-reactive ketones (excluding diaryl/α,β-unsaturated/α-hetero) is 1. The highest BCUT2D eigenvalue weighted by Gasteiger charge is 2.21. The minimum atomic E-state index is 0.319. The first-order valence-corrected chi connectivity index (χ1v) is 3.96. The van der Waals surface area contributed by atoms with Crippen LogP contribution in [0.25, 0.3) is 0 Å². The van der Waals surface area contributed by atoms with Gasteiger partial charge in [0.25, 0.3) is 0 Å². The van der Waals surface area contributed by atoms with Gasteiger partial charge in [0.05, 0.1) is 0 Å². The molecule has 0 heterocycles. The molecule has 0 aromatic heterocycles. The fourth-order valence-electron chi connectivity index (χ4n) is 1.53. The van der Waals surface area contributed by atoms with Gasteiger partial charge in [-0.15, -0.1) is 0 Å². The molecule has 1 fully saturated rings. The standard InChI is InChI=1S/C8H15NO/c1-6(10)7-2-4-8(9)5-3-7/h7-8H,2-5,9H2,1H3/t7-,8+. The predicted molar refractivity (Wildman–Crippen MR) is 40.6 cm³/mol. The molecule has 0 aliphatic heterocycles. The van der Waals surface area contributed by atoms with Gasteiger partial charge in [0.15, 0.2) is 0 Å². The van der Waals surface area contributed by atoms with Gasteiger partial charge in [-0.1, -0.05) is 0 Å². The number of hydrogen-bond acceptors (Lipinski definition) is 2. The zero-order valence-electron chi connectivity index (χ0n) is 6.47. The molecule has 0 aromatic carbocycles. The Labute approximate surface area is 61.8 Å². The average Bonchev–Trinajstić information content (AvgIpc) is 1.88. The molecular formula is C8H15NO. The number of rotatable bonds is 1. The fourth-order valence-corrected chi connectivity index (χ4v) is 1.53. The van der Waals surface area contributed by atoms with Crippen LogP contribution in [0.4, 0.5) is 0 Å². The van der Waals surface area contributed by atoms with Gasteiger partial charge in [0.2, 0.25) is 0 Å². The third-order valence-electron chi connectivity index (χ3n) is 2.35. The lowest BCUT2D eigenvalue weighted by Gasteiger charge is -2.23. The first-order chi connectivity index (χ1) is 4.70. The van der Waals surface area contributed by atoms with E-state index in [9.17, 15) is 4.79 Å². The highest BCUT2D eigenvalue weighted by Crippen LogP contribution is 2.23. The summed E-state index contributed by atoms with van der Waals surface area (Å²) in [5.41, 5.74) is 5.69. The molecule has 0 spiro atoms. The van der Waals surface area contributed by atoms with E-state index in [4.69, 9.17) is 5.73 Å². The molecule has 2 nitrogen and oxygen atoms in total. The topological polar surface area (TPSA) is 43.1 Å². The molecule has 0 amide bonds. The Bertz CT molecular complexity index is 125. The van der Waals surface area contributed by atoms with Gasteiger partial charge < -0.3 is 5.73 Å². The summed E-state index contributed by atoms with van der Waals surface area (Å²) in [6, 6.07) is 0.357. The van der Waals surface area contributed by atoms with E-state index in [2.05, 4.69) is 0 Å². The maximum atomic E-state index is 10.9. The number of ketones is 1. The molecule has 58 valence electrons. The van der Waals surface area contributed by atoms with E-state index >= 15 is 0 Å². The SMILES string of the molecule is CC(=O)[C@H]1CC[C@@H](N)CC1. The first kappa shape index (κ1) is 7.73. The zero-order chi connectivity index (χ0) is 7.56. The fraction of sp³-hybridized carbons (Fsp3) is 0.875. The summed E-state index contributed by atoms with van der Waals surface area (Å²) in [6.45, 7) is 1.68. The largest absolute Gasteiger partial charge is 0.328 e. The molecule has 0 bridgehead atoms. The maximum absolute atomic E-state index is 10.9. The minimum Gasteiger partial charge on any atom is -0.328 e. The molecule has 2 N–H and O–H groups in total. The van der Waals surface area contributed by atoms with Gasteiger partial charge >= 0.3 is 0 Å². The van der Waals surface area contributed by atoms with Crippen molar-refractivity contribution in [3.63, 3.8) is 0 Å². The second-order valence-corrected chi connectivity index (χ2v) is 3.22. The summed E-state index contributed by atoms with van der Waals surface area (Å²) >= 11 is 0. The number of carbonyl (C=O) groups excluding carboxylic acids is 1. The molecule has 0 aromatic rings. The van der Waals surface area contributed by atoms with E-state index in [1.165, 1.54) is 0 Å². The first-order valence-electron chi connectivity index (χ1n) is 3.96. The highest BCUT2D eigenvalue weighted by atomic mass is 16.1. The van der Waals surface area contributed by atoms with Crippen LogP contribution in [0.5, 0.6) is 0 Å². The van der Waals surface area contributed by atoms with Crippen LogP contribution >= 0.6 is 0 Å². The third kappa shape index (κ3) is 1.81. The Morgan fingerprint density at radius 2 is 1.80 bits per heavy atom. The van der Waals surface area contributed by atoms with Crippen LogP contribution in [0.2, 0.25) is 0 Å². The maximum Gasteiger partial charge on any atom is 0.132 e. The Kier molecular flexibility index (Phi) is 2.44. The van der Waals surface area contributed by atoms with Crippen molar-refractivity contribution in [1.29, 1.82) is 0 Å². The van der Waals surface area contributed by atoms with Crippen molar-refractivity contribution in [3.05, 3.63) is 0 Å².